The summed E-state index contributed by atoms with van der Waals surface area (Å²) in [6, 6.07) is 19.7. The summed E-state index contributed by atoms with van der Waals surface area (Å²) in [6.07, 6.45) is 1.92. The second-order valence-electron chi connectivity index (χ2n) is 5.83. The number of halogens is 1. The van der Waals surface area contributed by atoms with Gasteiger partial charge in [-0.2, -0.15) is 0 Å². The van der Waals surface area contributed by atoms with Gasteiger partial charge in [0.15, 0.2) is 0 Å². The molecule has 0 fully saturated rings. The maximum atomic E-state index is 12.9. The molecule has 4 nitrogen and oxygen atoms in total. The van der Waals surface area contributed by atoms with Crippen LogP contribution in [0.25, 0.3) is 0 Å². The van der Waals surface area contributed by atoms with E-state index < -0.39 is 0 Å². The molecule has 1 aromatic heterocycles. The molecule has 0 atom stereocenters. The molecular formula is C21H20FN3O. The molecule has 1 amide bonds. The Morgan fingerprint density at radius 1 is 1.00 bits per heavy atom. The Hall–Kier alpha value is -3.21. The summed E-state index contributed by atoms with van der Waals surface area (Å²) in [5.74, 6) is -0.0115. The normalized spacial score (nSPS) is 10.4. The molecule has 0 saturated heterocycles. The lowest BCUT2D eigenvalue weighted by molar-refractivity contribution is -0.115. The maximum Gasteiger partial charge on any atom is 0.229 e. The Morgan fingerprint density at radius 3 is 2.35 bits per heavy atom. The number of nitrogens with zero attached hydrogens (tertiary/aromatic N) is 2. The Kier molecular flexibility index (Phi) is 5.59. The lowest BCUT2D eigenvalue weighted by atomic mass is 10.1. The van der Waals surface area contributed by atoms with Crippen LogP contribution >= 0.6 is 0 Å². The van der Waals surface area contributed by atoms with E-state index in [2.05, 4.69) is 22.1 Å². The van der Waals surface area contributed by atoms with Crippen LogP contribution < -0.4 is 10.2 Å². The second kappa shape index (κ2) is 8.25. The predicted molar refractivity (Wildman–Crippen MR) is 102 cm³/mol. The van der Waals surface area contributed by atoms with Gasteiger partial charge in [0.25, 0.3) is 0 Å². The van der Waals surface area contributed by atoms with E-state index in [0.717, 1.165) is 23.5 Å². The lowest BCUT2D eigenvalue weighted by Gasteiger charge is -2.23. The van der Waals surface area contributed by atoms with Gasteiger partial charge in [0, 0.05) is 12.2 Å². The van der Waals surface area contributed by atoms with Crippen LogP contribution in [0.3, 0.4) is 0 Å². The van der Waals surface area contributed by atoms with E-state index in [0.29, 0.717) is 5.82 Å². The minimum Gasteiger partial charge on any atom is -0.341 e. The van der Waals surface area contributed by atoms with Crippen LogP contribution in [-0.4, -0.2) is 17.4 Å². The molecule has 0 bridgehead atoms. The van der Waals surface area contributed by atoms with Crippen molar-refractivity contribution in [2.45, 2.75) is 13.3 Å². The minimum atomic E-state index is -0.315. The van der Waals surface area contributed by atoms with Crippen LogP contribution in [-0.2, 0) is 11.2 Å². The third kappa shape index (κ3) is 4.45. The molecule has 1 N–H and O–H groups in total. The van der Waals surface area contributed by atoms with Gasteiger partial charge in [-0.15, -0.1) is 0 Å². The quantitative estimate of drug-likeness (QED) is 0.709. The zero-order valence-corrected chi connectivity index (χ0v) is 14.5. The van der Waals surface area contributed by atoms with Crippen molar-refractivity contribution in [3.05, 3.63) is 84.3 Å². The molecule has 3 aromatic rings. The molecule has 0 aliphatic heterocycles. The smallest absolute Gasteiger partial charge is 0.229 e. The van der Waals surface area contributed by atoms with Crippen molar-refractivity contribution >= 4 is 23.1 Å². The first-order chi connectivity index (χ1) is 12.7. The number of nitrogens with one attached hydrogen (secondary N) is 1. The van der Waals surface area contributed by atoms with Gasteiger partial charge in [-0.3, -0.25) is 4.79 Å². The van der Waals surface area contributed by atoms with Crippen LogP contribution in [0.2, 0.25) is 0 Å². The SMILES string of the molecule is CCN(c1ccccc1)c1ccc(NC(=O)Cc2ccc(F)cc2)nc1. The molecular weight excluding hydrogens is 329 g/mol. The lowest BCUT2D eigenvalue weighted by Crippen LogP contribution is -2.17. The van der Waals surface area contributed by atoms with E-state index in [1.165, 1.54) is 12.1 Å². The molecule has 0 spiro atoms. The highest BCUT2D eigenvalue weighted by Gasteiger charge is 2.09. The van der Waals surface area contributed by atoms with Gasteiger partial charge in [0.2, 0.25) is 5.91 Å². The summed E-state index contributed by atoms with van der Waals surface area (Å²) < 4.78 is 12.9. The zero-order chi connectivity index (χ0) is 18.4. The van der Waals surface area contributed by atoms with Crippen LogP contribution in [0.5, 0.6) is 0 Å². The van der Waals surface area contributed by atoms with Gasteiger partial charge in [-0.05, 0) is 48.9 Å². The first kappa shape index (κ1) is 17.6. The first-order valence-electron chi connectivity index (χ1n) is 8.48. The monoisotopic (exact) mass is 349 g/mol. The fourth-order valence-corrected chi connectivity index (χ4v) is 2.72. The second-order valence-corrected chi connectivity index (χ2v) is 5.83. The highest BCUT2D eigenvalue weighted by atomic mass is 19.1. The zero-order valence-electron chi connectivity index (χ0n) is 14.5. The Morgan fingerprint density at radius 2 is 1.73 bits per heavy atom. The number of carbonyl (C=O) groups excluding carboxylic acids is 1. The highest BCUT2D eigenvalue weighted by Crippen LogP contribution is 2.24. The Balaban J connectivity index is 1.65. The standard InChI is InChI=1S/C21H20FN3O/c1-2-25(18-6-4-3-5-7-18)19-12-13-20(23-15-19)24-21(26)14-16-8-10-17(22)11-9-16/h3-13,15H,2,14H2,1H3,(H,23,24,26). The van der Waals surface area contributed by atoms with E-state index in [4.69, 9.17) is 0 Å². The van der Waals surface area contributed by atoms with Gasteiger partial charge >= 0.3 is 0 Å². The van der Waals surface area contributed by atoms with Gasteiger partial charge in [0.05, 0.1) is 18.3 Å². The number of hydrogen-bond acceptors (Lipinski definition) is 3. The molecule has 0 saturated carbocycles. The number of rotatable bonds is 6. The van der Waals surface area contributed by atoms with Crippen molar-refractivity contribution in [1.29, 1.82) is 0 Å². The van der Waals surface area contributed by atoms with Gasteiger partial charge in [-0.1, -0.05) is 30.3 Å². The number of carbonyl (C=O) groups is 1. The largest absolute Gasteiger partial charge is 0.341 e. The number of anilines is 3. The number of benzene rings is 2. The van der Waals surface area contributed by atoms with E-state index in [1.807, 2.05) is 36.4 Å². The van der Waals surface area contributed by atoms with Gasteiger partial charge < -0.3 is 10.2 Å². The van der Waals surface area contributed by atoms with Crippen molar-refractivity contribution in [3.63, 3.8) is 0 Å². The molecule has 0 aliphatic carbocycles. The fourth-order valence-electron chi connectivity index (χ4n) is 2.72. The molecule has 132 valence electrons. The molecule has 3 rings (SSSR count). The van der Waals surface area contributed by atoms with Crippen molar-refractivity contribution in [3.8, 4) is 0 Å². The minimum absolute atomic E-state index is 0.175. The van der Waals surface area contributed by atoms with Crippen LogP contribution in [0.4, 0.5) is 21.6 Å². The summed E-state index contributed by atoms with van der Waals surface area (Å²) in [5, 5.41) is 2.77. The average Bonchev–Trinajstić information content (AvgIpc) is 2.66. The summed E-state index contributed by atoms with van der Waals surface area (Å²) in [5.41, 5.74) is 2.79. The van der Waals surface area contributed by atoms with E-state index >= 15 is 0 Å². The third-order valence-electron chi connectivity index (χ3n) is 3.99. The molecule has 26 heavy (non-hydrogen) atoms. The topological polar surface area (TPSA) is 45.2 Å². The van der Waals surface area contributed by atoms with Crippen molar-refractivity contribution < 1.29 is 9.18 Å². The highest BCUT2D eigenvalue weighted by molar-refractivity contribution is 5.91. The van der Waals surface area contributed by atoms with E-state index in [1.54, 1.807) is 24.4 Å². The van der Waals surface area contributed by atoms with Gasteiger partial charge in [-0.25, -0.2) is 9.37 Å². The molecule has 0 unspecified atom stereocenters. The van der Waals surface area contributed by atoms with Crippen molar-refractivity contribution in [1.82, 2.24) is 4.98 Å². The van der Waals surface area contributed by atoms with E-state index in [9.17, 15) is 9.18 Å². The number of amides is 1. The van der Waals surface area contributed by atoms with E-state index in [-0.39, 0.29) is 18.1 Å². The number of pyridine rings is 1. The molecule has 5 heteroatoms. The third-order valence-corrected chi connectivity index (χ3v) is 3.99. The van der Waals surface area contributed by atoms with Crippen LogP contribution in [0.15, 0.2) is 72.9 Å². The molecule has 0 radical (unpaired) electrons. The van der Waals surface area contributed by atoms with Gasteiger partial charge in [0.1, 0.15) is 11.6 Å². The summed E-state index contributed by atoms with van der Waals surface area (Å²) in [7, 11) is 0. The average molecular weight is 349 g/mol. The molecule has 2 aromatic carbocycles. The molecule has 0 aliphatic rings. The number of aromatic nitrogens is 1. The van der Waals surface area contributed by atoms with Crippen molar-refractivity contribution in [2.24, 2.45) is 0 Å². The Labute approximate surface area is 152 Å². The first-order valence-corrected chi connectivity index (χ1v) is 8.48. The predicted octanol–water partition coefficient (Wildman–Crippen LogP) is 4.56. The number of hydrogen-bond donors (Lipinski definition) is 1. The van der Waals surface area contributed by atoms with Crippen molar-refractivity contribution in [2.75, 3.05) is 16.8 Å². The summed E-state index contributed by atoms with van der Waals surface area (Å²) in [6.45, 7) is 2.88. The summed E-state index contributed by atoms with van der Waals surface area (Å²) >= 11 is 0. The fraction of sp³-hybridized carbons (Fsp3) is 0.143. The summed E-state index contributed by atoms with van der Waals surface area (Å²) in [4.78, 5) is 18.6. The maximum absolute atomic E-state index is 12.9. The van der Waals surface area contributed by atoms with Crippen LogP contribution in [0, 0.1) is 5.82 Å². The Bertz CT molecular complexity index is 849. The molecule has 1 heterocycles. The number of para-hydroxylation sites is 1. The van der Waals surface area contributed by atoms with Crippen LogP contribution in [0.1, 0.15) is 12.5 Å².